The molecule has 2 N–H and O–H groups in total. The van der Waals surface area contributed by atoms with Crippen LogP contribution in [0, 0.1) is 18.7 Å². The SMILES string of the molecule is COCCCNC(=NCc1nnc(C)n1C)NC(C)c1ccc(OCC2CC2)c(F)c1.I. The minimum Gasteiger partial charge on any atom is -0.490 e. The Labute approximate surface area is 206 Å². The molecule has 1 aromatic heterocycles. The smallest absolute Gasteiger partial charge is 0.192 e. The van der Waals surface area contributed by atoms with E-state index in [2.05, 4.69) is 25.8 Å². The van der Waals surface area contributed by atoms with Crippen molar-refractivity contribution in [3.8, 4) is 5.75 Å². The molecule has 178 valence electrons. The molecule has 1 aliphatic rings. The molecule has 3 rings (SSSR count). The fourth-order valence-electron chi connectivity index (χ4n) is 3.00. The van der Waals surface area contributed by atoms with Crippen LogP contribution in [0.4, 0.5) is 4.39 Å². The van der Waals surface area contributed by atoms with Crippen LogP contribution in [-0.4, -0.2) is 47.6 Å². The van der Waals surface area contributed by atoms with Crippen molar-refractivity contribution in [2.24, 2.45) is 18.0 Å². The van der Waals surface area contributed by atoms with Crippen LogP contribution in [0.2, 0.25) is 0 Å². The van der Waals surface area contributed by atoms with E-state index in [0.717, 1.165) is 23.6 Å². The first-order valence-electron chi connectivity index (χ1n) is 10.8. The molecular weight excluding hydrogens is 526 g/mol. The third kappa shape index (κ3) is 7.88. The second kappa shape index (κ2) is 12.9. The monoisotopic (exact) mass is 560 g/mol. The highest BCUT2D eigenvalue weighted by Gasteiger charge is 2.22. The molecule has 1 aliphatic carbocycles. The van der Waals surface area contributed by atoms with Crippen LogP contribution in [0.3, 0.4) is 0 Å². The van der Waals surface area contributed by atoms with Gasteiger partial charge < -0.3 is 24.7 Å². The molecular formula is C22H34FIN6O2. The van der Waals surface area contributed by atoms with Gasteiger partial charge >= 0.3 is 0 Å². The van der Waals surface area contributed by atoms with Crippen LogP contribution in [0.1, 0.15) is 49.4 Å². The number of hydrogen-bond acceptors (Lipinski definition) is 5. The molecule has 0 aliphatic heterocycles. The van der Waals surface area contributed by atoms with Gasteiger partial charge in [0.25, 0.3) is 0 Å². The van der Waals surface area contributed by atoms with E-state index in [1.807, 2.05) is 31.5 Å². The van der Waals surface area contributed by atoms with Gasteiger partial charge in [-0.15, -0.1) is 34.2 Å². The molecule has 0 spiro atoms. The van der Waals surface area contributed by atoms with Crippen molar-refractivity contribution in [1.29, 1.82) is 0 Å². The van der Waals surface area contributed by atoms with Crippen molar-refractivity contribution in [2.75, 3.05) is 26.9 Å². The molecule has 1 heterocycles. The van der Waals surface area contributed by atoms with Crippen molar-refractivity contribution in [3.63, 3.8) is 0 Å². The summed E-state index contributed by atoms with van der Waals surface area (Å²) >= 11 is 0. The number of guanidine groups is 1. The van der Waals surface area contributed by atoms with Crippen LogP contribution in [0.25, 0.3) is 0 Å². The Morgan fingerprint density at radius 3 is 2.75 bits per heavy atom. The quantitative estimate of drug-likeness (QED) is 0.190. The van der Waals surface area contributed by atoms with Gasteiger partial charge in [0.05, 0.1) is 12.6 Å². The number of methoxy groups -OCH3 is 1. The first-order chi connectivity index (χ1) is 15.0. The second-order valence-electron chi connectivity index (χ2n) is 7.97. The van der Waals surface area contributed by atoms with Crippen molar-refractivity contribution in [3.05, 3.63) is 41.2 Å². The van der Waals surface area contributed by atoms with Gasteiger partial charge in [-0.1, -0.05) is 6.07 Å². The maximum absolute atomic E-state index is 14.5. The van der Waals surface area contributed by atoms with E-state index >= 15 is 0 Å². The first-order valence-corrected chi connectivity index (χ1v) is 10.8. The maximum Gasteiger partial charge on any atom is 0.192 e. The zero-order valence-electron chi connectivity index (χ0n) is 19.2. The lowest BCUT2D eigenvalue weighted by Gasteiger charge is -2.19. The van der Waals surface area contributed by atoms with Crippen molar-refractivity contribution in [1.82, 2.24) is 25.4 Å². The highest BCUT2D eigenvalue weighted by molar-refractivity contribution is 14.0. The minimum absolute atomic E-state index is 0. The largest absolute Gasteiger partial charge is 0.490 e. The number of nitrogens with one attached hydrogen (secondary N) is 2. The Bertz CT molecular complexity index is 887. The third-order valence-corrected chi connectivity index (χ3v) is 5.36. The van der Waals surface area contributed by atoms with E-state index in [1.165, 1.54) is 18.9 Å². The highest BCUT2D eigenvalue weighted by atomic mass is 127. The molecule has 32 heavy (non-hydrogen) atoms. The summed E-state index contributed by atoms with van der Waals surface area (Å²) in [6, 6.07) is 4.96. The summed E-state index contributed by atoms with van der Waals surface area (Å²) < 4.78 is 27.1. The van der Waals surface area contributed by atoms with Crippen LogP contribution >= 0.6 is 24.0 Å². The van der Waals surface area contributed by atoms with Gasteiger partial charge in [-0.25, -0.2) is 9.38 Å². The van der Waals surface area contributed by atoms with Crippen LogP contribution in [0.5, 0.6) is 5.75 Å². The number of halogens is 2. The Kier molecular flexibility index (Phi) is 10.6. The van der Waals surface area contributed by atoms with E-state index < -0.39 is 0 Å². The number of aliphatic imine (C=N–C) groups is 1. The van der Waals surface area contributed by atoms with Gasteiger partial charge in [-0.2, -0.15) is 0 Å². The van der Waals surface area contributed by atoms with E-state index in [0.29, 0.717) is 43.9 Å². The Morgan fingerprint density at radius 2 is 2.12 bits per heavy atom. The molecule has 1 aromatic carbocycles. The number of benzene rings is 1. The van der Waals surface area contributed by atoms with Gasteiger partial charge in [-0.3, -0.25) is 0 Å². The molecule has 0 amide bonds. The fraction of sp³-hybridized carbons (Fsp3) is 0.591. The van der Waals surface area contributed by atoms with Gasteiger partial charge in [0.1, 0.15) is 12.4 Å². The summed E-state index contributed by atoms with van der Waals surface area (Å²) in [4.78, 5) is 4.64. The fourth-order valence-corrected chi connectivity index (χ4v) is 3.00. The number of rotatable bonds is 11. The lowest BCUT2D eigenvalue weighted by Crippen LogP contribution is -2.39. The Hall–Kier alpha value is -1.95. The topological polar surface area (TPSA) is 85.6 Å². The molecule has 1 fully saturated rings. The van der Waals surface area contributed by atoms with Gasteiger partial charge in [0.15, 0.2) is 23.4 Å². The molecule has 8 nitrogen and oxygen atoms in total. The molecule has 2 aromatic rings. The molecule has 1 saturated carbocycles. The number of nitrogens with zero attached hydrogens (tertiary/aromatic N) is 4. The molecule has 1 unspecified atom stereocenters. The number of aryl methyl sites for hydroxylation is 1. The average Bonchev–Trinajstić information content (AvgIpc) is 3.53. The summed E-state index contributed by atoms with van der Waals surface area (Å²) in [5, 5.41) is 14.9. The van der Waals surface area contributed by atoms with Crippen molar-refractivity contribution in [2.45, 2.75) is 45.7 Å². The molecule has 0 saturated heterocycles. The summed E-state index contributed by atoms with van der Waals surface area (Å²) in [5.41, 5.74) is 0.817. The predicted molar refractivity (Wildman–Crippen MR) is 133 cm³/mol. The molecule has 0 radical (unpaired) electrons. The highest BCUT2D eigenvalue weighted by Crippen LogP contribution is 2.30. The Morgan fingerprint density at radius 1 is 1.34 bits per heavy atom. The van der Waals surface area contributed by atoms with E-state index in [9.17, 15) is 4.39 Å². The zero-order valence-corrected chi connectivity index (χ0v) is 21.6. The molecule has 1 atom stereocenters. The van der Waals surface area contributed by atoms with Crippen molar-refractivity contribution < 1.29 is 13.9 Å². The van der Waals surface area contributed by atoms with Gasteiger partial charge in [-0.05, 0) is 56.7 Å². The van der Waals surface area contributed by atoms with Crippen molar-refractivity contribution >= 4 is 29.9 Å². The lowest BCUT2D eigenvalue weighted by molar-refractivity contribution is 0.195. The van der Waals surface area contributed by atoms with E-state index in [-0.39, 0.29) is 35.8 Å². The van der Waals surface area contributed by atoms with E-state index in [4.69, 9.17) is 9.47 Å². The molecule has 0 bridgehead atoms. The number of aromatic nitrogens is 3. The summed E-state index contributed by atoms with van der Waals surface area (Å²) in [6.07, 6.45) is 3.19. The van der Waals surface area contributed by atoms with Crippen LogP contribution in [-0.2, 0) is 18.3 Å². The maximum atomic E-state index is 14.5. The third-order valence-electron chi connectivity index (χ3n) is 5.36. The molecule has 10 heteroatoms. The average molecular weight is 560 g/mol. The standard InChI is InChI=1S/C22H33FN6O2.HI/c1-15(18-8-9-20(19(23)12-18)31-14-17-6-7-17)26-22(24-10-5-11-30-4)25-13-21-28-27-16(2)29(21)3;/h8-9,12,15,17H,5-7,10-11,13-14H2,1-4H3,(H2,24,25,26);1H. The second-order valence-corrected chi connectivity index (χ2v) is 7.97. The summed E-state index contributed by atoms with van der Waals surface area (Å²) in [6.45, 7) is 6.20. The first kappa shape index (κ1) is 26.3. The van der Waals surface area contributed by atoms with Gasteiger partial charge in [0.2, 0.25) is 0 Å². The lowest BCUT2D eigenvalue weighted by atomic mass is 10.1. The minimum atomic E-state index is -0.340. The van der Waals surface area contributed by atoms with Crippen LogP contribution < -0.4 is 15.4 Å². The van der Waals surface area contributed by atoms with E-state index in [1.54, 1.807) is 13.2 Å². The normalized spacial score (nSPS) is 14.6. The predicted octanol–water partition coefficient (Wildman–Crippen LogP) is 3.50. The van der Waals surface area contributed by atoms with Crippen LogP contribution in [0.15, 0.2) is 23.2 Å². The zero-order chi connectivity index (χ0) is 22.2. The number of hydrogen-bond donors (Lipinski definition) is 2. The Balaban J connectivity index is 0.00000363. The summed E-state index contributed by atoms with van der Waals surface area (Å²) in [7, 11) is 3.59. The van der Waals surface area contributed by atoms with Gasteiger partial charge in [0, 0.05) is 27.3 Å². The summed E-state index contributed by atoms with van der Waals surface area (Å²) in [5.74, 6) is 2.78. The number of ether oxygens (including phenoxy) is 2.